The minimum atomic E-state index is -0.170. The van der Waals surface area contributed by atoms with Gasteiger partial charge in [0.05, 0.1) is 18.8 Å². The summed E-state index contributed by atoms with van der Waals surface area (Å²) in [5, 5.41) is 5.87. The van der Waals surface area contributed by atoms with Crippen LogP contribution in [0.3, 0.4) is 0 Å². The maximum Gasteiger partial charge on any atom is 0.243 e. The van der Waals surface area contributed by atoms with Crippen LogP contribution in [0.2, 0.25) is 0 Å². The average molecular weight is 326 g/mol. The first-order chi connectivity index (χ1) is 11.6. The Balaban J connectivity index is 1.90. The molecule has 0 aliphatic rings. The van der Waals surface area contributed by atoms with Gasteiger partial charge in [-0.3, -0.25) is 9.59 Å². The van der Waals surface area contributed by atoms with Crippen molar-refractivity contribution in [2.45, 2.75) is 20.3 Å². The first kappa shape index (κ1) is 17.5. The smallest absolute Gasteiger partial charge is 0.243 e. The fourth-order valence-corrected chi connectivity index (χ4v) is 2.12. The Labute approximate surface area is 142 Å². The number of carbonyl (C=O) groups excluding carboxylic acids is 2. The Morgan fingerprint density at radius 2 is 1.75 bits per heavy atom. The van der Waals surface area contributed by atoms with Crippen molar-refractivity contribution < 1.29 is 14.3 Å². The molecule has 24 heavy (non-hydrogen) atoms. The van der Waals surface area contributed by atoms with Crippen molar-refractivity contribution in [3.8, 4) is 5.75 Å². The molecule has 0 aliphatic carbocycles. The van der Waals surface area contributed by atoms with E-state index in [0.717, 1.165) is 17.9 Å². The number of para-hydroxylation sites is 2. The molecule has 0 fully saturated rings. The predicted octanol–water partition coefficient (Wildman–Crippen LogP) is 3.73. The summed E-state index contributed by atoms with van der Waals surface area (Å²) in [6.07, 6.45) is 0.922. The summed E-state index contributed by atoms with van der Waals surface area (Å²) < 4.78 is 5.65. The van der Waals surface area contributed by atoms with Crippen LogP contribution in [0.1, 0.15) is 30.6 Å². The highest BCUT2D eigenvalue weighted by atomic mass is 16.5. The van der Waals surface area contributed by atoms with Crippen LogP contribution in [0.25, 0.3) is 0 Å². The van der Waals surface area contributed by atoms with Gasteiger partial charge in [0, 0.05) is 11.3 Å². The molecule has 0 heterocycles. The molecule has 5 heteroatoms. The fourth-order valence-electron chi connectivity index (χ4n) is 2.12. The third-order valence-electron chi connectivity index (χ3n) is 3.36. The molecule has 2 N–H and O–H groups in total. The van der Waals surface area contributed by atoms with Gasteiger partial charge in [0.1, 0.15) is 5.75 Å². The van der Waals surface area contributed by atoms with E-state index in [2.05, 4.69) is 10.6 Å². The van der Waals surface area contributed by atoms with Gasteiger partial charge in [0.15, 0.2) is 5.78 Å². The molecule has 0 atom stereocenters. The van der Waals surface area contributed by atoms with Crippen LogP contribution in [-0.4, -0.2) is 24.8 Å². The van der Waals surface area contributed by atoms with Gasteiger partial charge in [-0.1, -0.05) is 19.1 Å². The summed E-state index contributed by atoms with van der Waals surface area (Å²) in [6.45, 7) is 4.31. The van der Waals surface area contributed by atoms with Crippen molar-refractivity contribution in [3.63, 3.8) is 0 Å². The Bertz CT molecular complexity index is 696. The molecule has 0 spiro atoms. The molecule has 1 amide bonds. The van der Waals surface area contributed by atoms with E-state index in [4.69, 9.17) is 4.74 Å². The van der Waals surface area contributed by atoms with E-state index in [1.165, 1.54) is 6.92 Å². The first-order valence-electron chi connectivity index (χ1n) is 7.96. The zero-order valence-corrected chi connectivity index (χ0v) is 14.0. The second-order valence-electron chi connectivity index (χ2n) is 5.38. The molecule has 5 nitrogen and oxygen atoms in total. The summed E-state index contributed by atoms with van der Waals surface area (Å²) >= 11 is 0. The number of ketones is 1. The number of rotatable bonds is 8. The first-order valence-corrected chi connectivity index (χ1v) is 7.96. The fraction of sp³-hybridized carbons (Fsp3) is 0.263. The largest absolute Gasteiger partial charge is 0.491 e. The number of hydrogen-bond donors (Lipinski definition) is 2. The Morgan fingerprint density at radius 3 is 2.42 bits per heavy atom. The van der Waals surface area contributed by atoms with Gasteiger partial charge in [-0.25, -0.2) is 0 Å². The molecule has 0 aromatic heterocycles. The highest BCUT2D eigenvalue weighted by molar-refractivity contribution is 5.96. The molecule has 0 unspecified atom stereocenters. The van der Waals surface area contributed by atoms with Crippen molar-refractivity contribution >= 4 is 23.1 Å². The van der Waals surface area contributed by atoms with E-state index in [1.54, 1.807) is 24.3 Å². The molecular formula is C19H22N2O3. The van der Waals surface area contributed by atoms with E-state index in [0.29, 0.717) is 17.9 Å². The minimum absolute atomic E-state index is 0.00164. The lowest BCUT2D eigenvalue weighted by Gasteiger charge is -2.13. The van der Waals surface area contributed by atoms with Gasteiger partial charge >= 0.3 is 0 Å². The predicted molar refractivity (Wildman–Crippen MR) is 95.8 cm³/mol. The molecule has 0 saturated carbocycles. The number of carbonyl (C=O) groups is 2. The number of Topliss-reactive ketones (excluding diaryl/α,β-unsaturated/α-hetero) is 1. The number of hydrogen-bond acceptors (Lipinski definition) is 4. The maximum atomic E-state index is 12.0. The van der Waals surface area contributed by atoms with Gasteiger partial charge in [-0.2, -0.15) is 0 Å². The van der Waals surface area contributed by atoms with E-state index in [1.807, 2.05) is 31.2 Å². The van der Waals surface area contributed by atoms with Gasteiger partial charge in [0.25, 0.3) is 0 Å². The van der Waals surface area contributed by atoms with Crippen molar-refractivity contribution in [2.75, 3.05) is 23.8 Å². The Hall–Kier alpha value is -2.82. The Morgan fingerprint density at radius 1 is 1.04 bits per heavy atom. The van der Waals surface area contributed by atoms with Crippen LogP contribution in [0.4, 0.5) is 11.4 Å². The van der Waals surface area contributed by atoms with Gasteiger partial charge in [0.2, 0.25) is 5.91 Å². The molecule has 0 radical (unpaired) electrons. The van der Waals surface area contributed by atoms with Gasteiger partial charge in [-0.05, 0) is 49.7 Å². The van der Waals surface area contributed by atoms with Crippen molar-refractivity contribution in [1.29, 1.82) is 0 Å². The van der Waals surface area contributed by atoms with Crippen LogP contribution in [-0.2, 0) is 4.79 Å². The summed E-state index contributed by atoms with van der Waals surface area (Å²) in [5.74, 6) is 0.562. The standard InChI is InChI=1S/C19H22N2O3/c1-3-12-24-18-7-5-4-6-17(18)20-13-19(23)21-16-10-8-15(9-11-16)14(2)22/h4-11,20H,3,12-13H2,1-2H3,(H,21,23). The van der Waals surface area contributed by atoms with E-state index < -0.39 is 0 Å². The summed E-state index contributed by atoms with van der Waals surface area (Å²) in [5.41, 5.74) is 2.06. The molecule has 0 aliphatic heterocycles. The van der Waals surface area contributed by atoms with E-state index in [9.17, 15) is 9.59 Å². The normalized spacial score (nSPS) is 10.1. The topological polar surface area (TPSA) is 67.4 Å². The van der Waals surface area contributed by atoms with Crippen molar-refractivity contribution in [1.82, 2.24) is 0 Å². The third kappa shape index (κ3) is 5.12. The van der Waals surface area contributed by atoms with Crippen molar-refractivity contribution in [2.24, 2.45) is 0 Å². The summed E-state index contributed by atoms with van der Waals surface area (Å²) in [4.78, 5) is 23.3. The lowest BCUT2D eigenvalue weighted by molar-refractivity contribution is -0.114. The number of nitrogens with one attached hydrogen (secondary N) is 2. The maximum absolute atomic E-state index is 12.0. The molecule has 126 valence electrons. The van der Waals surface area contributed by atoms with Crippen LogP contribution in [0, 0.1) is 0 Å². The molecule has 2 aromatic carbocycles. The average Bonchev–Trinajstić information content (AvgIpc) is 2.59. The molecule has 2 aromatic rings. The lowest BCUT2D eigenvalue weighted by atomic mass is 10.1. The second-order valence-corrected chi connectivity index (χ2v) is 5.38. The van der Waals surface area contributed by atoms with Crippen LogP contribution in [0.15, 0.2) is 48.5 Å². The molecule has 0 saturated heterocycles. The SMILES string of the molecule is CCCOc1ccccc1NCC(=O)Nc1ccc(C(C)=O)cc1. The number of ether oxygens (including phenoxy) is 1. The zero-order valence-electron chi connectivity index (χ0n) is 14.0. The molecular weight excluding hydrogens is 304 g/mol. The monoisotopic (exact) mass is 326 g/mol. The van der Waals surface area contributed by atoms with E-state index >= 15 is 0 Å². The number of benzene rings is 2. The summed E-state index contributed by atoms with van der Waals surface area (Å²) in [7, 11) is 0. The zero-order chi connectivity index (χ0) is 17.4. The number of anilines is 2. The third-order valence-corrected chi connectivity index (χ3v) is 3.36. The van der Waals surface area contributed by atoms with Gasteiger partial charge < -0.3 is 15.4 Å². The van der Waals surface area contributed by atoms with Crippen LogP contribution < -0.4 is 15.4 Å². The minimum Gasteiger partial charge on any atom is -0.491 e. The van der Waals surface area contributed by atoms with Crippen LogP contribution >= 0.6 is 0 Å². The lowest BCUT2D eigenvalue weighted by Crippen LogP contribution is -2.22. The molecule has 2 rings (SSSR count). The Kier molecular flexibility index (Phi) is 6.37. The highest BCUT2D eigenvalue weighted by Crippen LogP contribution is 2.23. The van der Waals surface area contributed by atoms with E-state index in [-0.39, 0.29) is 18.2 Å². The highest BCUT2D eigenvalue weighted by Gasteiger charge is 2.06. The molecule has 0 bridgehead atoms. The van der Waals surface area contributed by atoms with Gasteiger partial charge in [-0.15, -0.1) is 0 Å². The quantitative estimate of drug-likeness (QED) is 0.725. The second kappa shape index (κ2) is 8.72. The van der Waals surface area contributed by atoms with Crippen LogP contribution in [0.5, 0.6) is 5.75 Å². The summed E-state index contributed by atoms with van der Waals surface area (Å²) in [6, 6.07) is 14.3. The number of amides is 1. The van der Waals surface area contributed by atoms with Crippen molar-refractivity contribution in [3.05, 3.63) is 54.1 Å².